The Labute approximate surface area is 145 Å². The van der Waals surface area contributed by atoms with Crippen LogP contribution in [-0.4, -0.2) is 0 Å². The Balaban J connectivity index is -0.000000490. The van der Waals surface area contributed by atoms with Crippen molar-refractivity contribution in [3.63, 3.8) is 0 Å². The summed E-state index contributed by atoms with van der Waals surface area (Å²) in [6, 6.07) is 13.2. The maximum Gasteiger partial charge on any atom is 4.00 e. The molecule has 0 radical (unpaired) electrons. The first-order valence-corrected chi connectivity index (χ1v) is 5.04. The van der Waals surface area contributed by atoms with E-state index in [0.717, 1.165) is 0 Å². The van der Waals surface area contributed by atoms with Crippen molar-refractivity contribution in [2.45, 2.75) is 26.2 Å². The maximum absolute atomic E-state index is 2.31. The van der Waals surface area contributed by atoms with Crippen molar-refractivity contribution in [1.82, 2.24) is 0 Å². The van der Waals surface area contributed by atoms with Gasteiger partial charge >= 0.3 is 26.2 Å². The minimum atomic E-state index is 0. The molecule has 0 unspecified atom stereocenters. The first-order chi connectivity index (χ1) is 6.40. The van der Waals surface area contributed by atoms with Crippen molar-refractivity contribution >= 4 is 10.8 Å². The van der Waals surface area contributed by atoms with Crippen LogP contribution < -0.4 is 34.0 Å². The molecule has 0 aliphatic heterocycles. The molecule has 3 heteroatoms. The van der Waals surface area contributed by atoms with Crippen LogP contribution in [0.1, 0.15) is 25.3 Å². The Morgan fingerprint density at radius 2 is 1.76 bits per heavy atom. The van der Waals surface area contributed by atoms with Crippen molar-refractivity contribution in [2.24, 2.45) is 0 Å². The van der Waals surface area contributed by atoms with E-state index in [1.165, 1.54) is 35.6 Å². The van der Waals surface area contributed by atoms with Gasteiger partial charge in [0.25, 0.3) is 0 Å². The summed E-state index contributed by atoms with van der Waals surface area (Å²) in [6.45, 7) is 2.24. The normalized spacial score (nSPS) is 8.29. The van der Waals surface area contributed by atoms with Crippen molar-refractivity contribution in [3.05, 3.63) is 49.4 Å². The van der Waals surface area contributed by atoms with Gasteiger partial charge in [0, 0.05) is 0 Å². The molecule has 0 aromatic heterocycles. The van der Waals surface area contributed by atoms with E-state index in [0.29, 0.717) is 0 Å². The summed E-state index contributed by atoms with van der Waals surface area (Å²) < 4.78 is 0. The third-order valence-electron chi connectivity index (χ3n) is 2.50. The zero-order valence-electron chi connectivity index (χ0n) is 10.3. The van der Waals surface area contributed by atoms with Gasteiger partial charge in [-0.2, -0.15) is 6.07 Å². The molecule has 0 aliphatic carbocycles. The second kappa shape index (κ2) is 11.7. The molecule has 0 bridgehead atoms. The molecule has 2 rings (SSSR count). The monoisotopic (exact) mass is 434 g/mol. The minimum Gasteiger partial charge on any atom is -1.00 e. The molecule has 92 valence electrons. The summed E-state index contributed by atoms with van der Waals surface area (Å²) in [5.41, 5.74) is 1.49. The molecule has 2 aromatic rings. The van der Waals surface area contributed by atoms with E-state index in [4.69, 9.17) is 0 Å². The Kier molecular flexibility index (Phi) is 15.8. The number of hydrogen-bond donors (Lipinski definition) is 0. The van der Waals surface area contributed by atoms with Crippen LogP contribution in [0, 0.1) is 7.43 Å². The fourth-order valence-corrected chi connectivity index (χ4v) is 1.74. The summed E-state index contributed by atoms with van der Waals surface area (Å²) in [6.07, 6.45) is 3.81. The van der Waals surface area contributed by atoms with E-state index in [-0.39, 0.29) is 67.6 Å². The third-order valence-corrected chi connectivity index (χ3v) is 2.50. The van der Waals surface area contributed by atoms with Gasteiger partial charge < -0.3 is 41.4 Å². The standard InChI is InChI=1S/C13H15.CH3.2BrH.Zr/c1-2-3-6-11-9-12-7-4-5-8-13(12)10-11;;;;/h4-5,7-10H,2-3,6H2,1H3;1H3;2*1H;/q2*-1;;;+4/p-2. The van der Waals surface area contributed by atoms with E-state index in [2.05, 4.69) is 43.3 Å². The number of fused-ring (bicyclic) bond motifs is 1. The zero-order valence-corrected chi connectivity index (χ0v) is 16.0. The summed E-state index contributed by atoms with van der Waals surface area (Å²) in [7, 11) is 0. The van der Waals surface area contributed by atoms with Gasteiger partial charge in [-0.15, -0.1) is 40.6 Å². The largest absolute Gasteiger partial charge is 4.00 e. The summed E-state index contributed by atoms with van der Waals surface area (Å²) in [4.78, 5) is 0. The number of rotatable bonds is 3. The molecule has 0 atom stereocenters. The molecule has 17 heavy (non-hydrogen) atoms. The van der Waals surface area contributed by atoms with Gasteiger partial charge in [-0.05, 0) is 6.42 Å². The molecule has 0 saturated heterocycles. The average Bonchev–Trinajstić information content (AvgIpc) is 2.57. The number of aryl methyl sites for hydroxylation is 1. The first-order valence-electron chi connectivity index (χ1n) is 5.04. The molecule has 0 aliphatic rings. The number of unbranched alkanes of at least 4 members (excludes halogenated alkanes) is 1. The predicted molar refractivity (Wildman–Crippen MR) is 64.6 cm³/mol. The van der Waals surface area contributed by atoms with Gasteiger partial charge in [0.15, 0.2) is 0 Å². The predicted octanol–water partition coefficient (Wildman–Crippen LogP) is -1.64. The number of hydrogen-bond acceptors (Lipinski definition) is 0. The molecule has 0 amide bonds. The third kappa shape index (κ3) is 6.41. The molecular weight excluding hydrogens is 419 g/mol. The van der Waals surface area contributed by atoms with Crippen molar-refractivity contribution in [3.8, 4) is 0 Å². The van der Waals surface area contributed by atoms with Crippen LogP contribution in [0.3, 0.4) is 0 Å². The van der Waals surface area contributed by atoms with E-state index in [9.17, 15) is 0 Å². The first kappa shape index (κ1) is 22.8. The van der Waals surface area contributed by atoms with Gasteiger partial charge in [0.05, 0.1) is 0 Å². The van der Waals surface area contributed by atoms with Crippen molar-refractivity contribution in [1.29, 1.82) is 0 Å². The minimum absolute atomic E-state index is 0. The van der Waals surface area contributed by atoms with Crippen molar-refractivity contribution in [2.75, 3.05) is 0 Å². The van der Waals surface area contributed by atoms with Crippen LogP contribution in [-0.2, 0) is 32.6 Å². The smallest absolute Gasteiger partial charge is 1.00 e. The SMILES string of the molecule is CCCCc1cc2ccccc2[cH-]1.[Br-].[Br-].[CH3-].[Zr+4]. The molecule has 0 saturated carbocycles. The molecular formula is C14H18Br2Zr. The Bertz CT molecular complexity index is 363. The number of benzene rings is 1. The van der Waals surface area contributed by atoms with E-state index in [1.807, 2.05) is 0 Å². The fraction of sp³-hybridized carbons (Fsp3) is 0.286. The Morgan fingerprint density at radius 1 is 1.12 bits per heavy atom. The van der Waals surface area contributed by atoms with Crippen LogP contribution >= 0.6 is 0 Å². The van der Waals surface area contributed by atoms with Gasteiger partial charge in [-0.25, -0.2) is 0 Å². The van der Waals surface area contributed by atoms with Crippen LogP contribution in [0.4, 0.5) is 0 Å². The molecule has 0 N–H and O–H groups in total. The Hall–Kier alpha value is 0.673. The summed E-state index contributed by atoms with van der Waals surface area (Å²) in [5.74, 6) is 0. The Morgan fingerprint density at radius 3 is 2.35 bits per heavy atom. The average molecular weight is 437 g/mol. The van der Waals surface area contributed by atoms with E-state index < -0.39 is 0 Å². The van der Waals surface area contributed by atoms with Crippen molar-refractivity contribution < 1.29 is 60.2 Å². The molecule has 0 fully saturated rings. The maximum atomic E-state index is 2.31. The number of halogens is 2. The molecule has 0 spiro atoms. The zero-order chi connectivity index (χ0) is 9.10. The van der Waals surface area contributed by atoms with Gasteiger partial charge in [0.1, 0.15) is 0 Å². The molecule has 0 nitrogen and oxygen atoms in total. The van der Waals surface area contributed by atoms with Crippen LogP contribution in [0.5, 0.6) is 0 Å². The van der Waals surface area contributed by atoms with Gasteiger partial charge in [-0.1, -0.05) is 25.8 Å². The van der Waals surface area contributed by atoms with Crippen LogP contribution in [0.25, 0.3) is 10.8 Å². The summed E-state index contributed by atoms with van der Waals surface area (Å²) >= 11 is 0. The van der Waals surface area contributed by atoms with Crippen LogP contribution in [0.2, 0.25) is 0 Å². The van der Waals surface area contributed by atoms with Gasteiger partial charge in [0.2, 0.25) is 0 Å². The topological polar surface area (TPSA) is 0 Å². The van der Waals surface area contributed by atoms with Gasteiger partial charge in [-0.3, -0.25) is 0 Å². The fourth-order valence-electron chi connectivity index (χ4n) is 1.74. The second-order valence-corrected chi connectivity index (χ2v) is 3.60. The van der Waals surface area contributed by atoms with E-state index >= 15 is 0 Å². The second-order valence-electron chi connectivity index (χ2n) is 3.60. The molecule has 0 heterocycles. The summed E-state index contributed by atoms with van der Waals surface area (Å²) in [5, 5.41) is 2.77. The van der Waals surface area contributed by atoms with Crippen LogP contribution in [0.15, 0.2) is 36.4 Å². The molecule has 2 aromatic carbocycles. The van der Waals surface area contributed by atoms with E-state index in [1.54, 1.807) is 0 Å². The quantitative estimate of drug-likeness (QED) is 0.506.